The molecule has 7 heteroatoms. The van der Waals surface area contributed by atoms with Crippen molar-refractivity contribution in [3.8, 4) is 5.75 Å². The number of Topliss-reactive ketones (excluding diaryl/α,β-unsaturated/α-hetero) is 1. The first-order chi connectivity index (χ1) is 18.1. The predicted octanol–water partition coefficient (Wildman–Crippen LogP) is 5.75. The number of hydrogen-bond acceptors (Lipinski definition) is 6. The molecule has 0 saturated carbocycles. The van der Waals surface area contributed by atoms with Crippen LogP contribution < -0.4 is 9.64 Å². The van der Waals surface area contributed by atoms with Crippen molar-refractivity contribution in [1.29, 1.82) is 0 Å². The summed E-state index contributed by atoms with van der Waals surface area (Å²) in [5.74, 6) is -1.78. The molecule has 1 aliphatic heterocycles. The highest BCUT2D eigenvalue weighted by molar-refractivity contribution is 6.51. The van der Waals surface area contributed by atoms with Crippen LogP contribution in [0.1, 0.15) is 52.5 Å². The van der Waals surface area contributed by atoms with E-state index >= 15 is 0 Å². The number of carbonyl (C=O) groups is 3. The fourth-order valence-corrected chi connectivity index (χ4v) is 4.49. The van der Waals surface area contributed by atoms with E-state index in [0.29, 0.717) is 34.7 Å². The number of hydrogen-bond donors (Lipinski definition) is 1. The number of ether oxygens (including phenoxy) is 2. The second-order valence-corrected chi connectivity index (χ2v) is 9.83. The van der Waals surface area contributed by atoms with Crippen molar-refractivity contribution in [1.82, 2.24) is 0 Å². The van der Waals surface area contributed by atoms with Gasteiger partial charge in [0, 0.05) is 5.69 Å². The number of aliphatic hydroxyl groups excluding tert-OH is 1. The van der Waals surface area contributed by atoms with E-state index in [4.69, 9.17) is 9.47 Å². The summed E-state index contributed by atoms with van der Waals surface area (Å²) < 4.78 is 10.7. The highest BCUT2D eigenvalue weighted by atomic mass is 16.5. The van der Waals surface area contributed by atoms with Crippen molar-refractivity contribution in [3.05, 3.63) is 100 Å². The summed E-state index contributed by atoms with van der Waals surface area (Å²) in [4.78, 5) is 40.7. The van der Waals surface area contributed by atoms with Gasteiger partial charge in [-0.15, -0.1) is 0 Å². The Kier molecular flexibility index (Phi) is 7.67. The number of ketones is 1. The Balaban J connectivity index is 1.85. The summed E-state index contributed by atoms with van der Waals surface area (Å²) in [6.07, 6.45) is 0. The Morgan fingerprint density at radius 3 is 2.29 bits per heavy atom. The third kappa shape index (κ3) is 5.18. The van der Waals surface area contributed by atoms with Crippen LogP contribution in [0.25, 0.3) is 5.76 Å². The number of rotatable bonds is 7. The van der Waals surface area contributed by atoms with Crippen LogP contribution in [0.2, 0.25) is 0 Å². The normalized spacial score (nSPS) is 16.7. The summed E-state index contributed by atoms with van der Waals surface area (Å²) in [5.41, 5.74) is 3.49. The smallest absolute Gasteiger partial charge is 0.338 e. The molecule has 1 aliphatic rings. The van der Waals surface area contributed by atoms with Crippen molar-refractivity contribution < 1.29 is 29.0 Å². The standard InChI is InChI=1S/C31H31NO6/c1-18(2)17-38-31(36)21-10-12-23(13-11-21)32-27(22-8-6-7-19(3)15-22)26(29(34)30(32)35)28(33)24-16-20(4)9-14-25(24)37-5/h6-16,18,27,33H,17H2,1-5H3/b28-26+. The van der Waals surface area contributed by atoms with Gasteiger partial charge in [-0.05, 0) is 61.7 Å². The highest BCUT2D eigenvalue weighted by Gasteiger charge is 2.47. The number of aliphatic hydroxyl groups is 1. The monoisotopic (exact) mass is 513 g/mol. The van der Waals surface area contributed by atoms with Gasteiger partial charge in [0.15, 0.2) is 0 Å². The lowest BCUT2D eigenvalue weighted by atomic mass is 9.93. The number of esters is 1. The number of carbonyl (C=O) groups excluding carboxylic acids is 3. The summed E-state index contributed by atoms with van der Waals surface area (Å²) >= 11 is 0. The average Bonchev–Trinajstić information content (AvgIpc) is 3.17. The molecule has 0 aliphatic carbocycles. The Hall–Kier alpha value is -4.39. The van der Waals surface area contributed by atoms with E-state index in [0.717, 1.165) is 11.1 Å². The molecule has 1 fully saturated rings. The highest BCUT2D eigenvalue weighted by Crippen LogP contribution is 2.43. The quantitative estimate of drug-likeness (QED) is 0.187. The molecule has 1 amide bonds. The van der Waals surface area contributed by atoms with Gasteiger partial charge in [-0.3, -0.25) is 14.5 Å². The van der Waals surface area contributed by atoms with Crippen LogP contribution in [0.15, 0.2) is 72.3 Å². The van der Waals surface area contributed by atoms with Crippen LogP contribution in [0.3, 0.4) is 0 Å². The number of methoxy groups -OCH3 is 1. The number of amides is 1. The predicted molar refractivity (Wildman–Crippen MR) is 145 cm³/mol. The van der Waals surface area contributed by atoms with Crippen molar-refractivity contribution in [3.63, 3.8) is 0 Å². The molecule has 0 radical (unpaired) electrons. The van der Waals surface area contributed by atoms with Gasteiger partial charge in [-0.1, -0.05) is 55.3 Å². The largest absolute Gasteiger partial charge is 0.507 e. The molecular formula is C31H31NO6. The first-order valence-electron chi connectivity index (χ1n) is 12.4. The van der Waals surface area contributed by atoms with E-state index in [9.17, 15) is 19.5 Å². The van der Waals surface area contributed by atoms with E-state index in [1.807, 2.05) is 58.0 Å². The van der Waals surface area contributed by atoms with Crippen LogP contribution >= 0.6 is 0 Å². The maximum Gasteiger partial charge on any atom is 0.338 e. The van der Waals surface area contributed by atoms with Gasteiger partial charge in [-0.25, -0.2) is 4.79 Å². The molecular weight excluding hydrogens is 482 g/mol. The van der Waals surface area contributed by atoms with Gasteiger partial charge in [0.2, 0.25) is 0 Å². The molecule has 1 heterocycles. The van der Waals surface area contributed by atoms with E-state index in [2.05, 4.69) is 0 Å². The fourth-order valence-electron chi connectivity index (χ4n) is 4.49. The van der Waals surface area contributed by atoms with Crippen LogP contribution in [0.5, 0.6) is 5.75 Å². The van der Waals surface area contributed by atoms with E-state index in [1.165, 1.54) is 12.0 Å². The van der Waals surface area contributed by atoms with Crippen molar-refractivity contribution >= 4 is 29.1 Å². The second-order valence-electron chi connectivity index (χ2n) is 9.83. The summed E-state index contributed by atoms with van der Waals surface area (Å²) in [6.45, 7) is 7.97. The zero-order valence-corrected chi connectivity index (χ0v) is 22.1. The molecule has 0 bridgehead atoms. The minimum atomic E-state index is -0.890. The summed E-state index contributed by atoms with van der Waals surface area (Å²) in [5, 5.41) is 11.5. The van der Waals surface area contributed by atoms with Gasteiger partial charge in [0.05, 0.1) is 36.5 Å². The van der Waals surface area contributed by atoms with Crippen LogP contribution in [-0.4, -0.2) is 36.5 Å². The zero-order valence-electron chi connectivity index (χ0n) is 22.1. The second kappa shape index (κ2) is 10.9. The van der Waals surface area contributed by atoms with E-state index in [-0.39, 0.29) is 17.3 Å². The van der Waals surface area contributed by atoms with Gasteiger partial charge in [-0.2, -0.15) is 0 Å². The maximum absolute atomic E-state index is 13.5. The first-order valence-corrected chi connectivity index (χ1v) is 12.4. The number of anilines is 1. The molecule has 196 valence electrons. The lowest BCUT2D eigenvalue weighted by molar-refractivity contribution is -0.132. The molecule has 1 atom stereocenters. The van der Waals surface area contributed by atoms with Gasteiger partial charge in [0.25, 0.3) is 11.7 Å². The lowest BCUT2D eigenvalue weighted by Crippen LogP contribution is -2.29. The van der Waals surface area contributed by atoms with E-state index in [1.54, 1.807) is 36.4 Å². The van der Waals surface area contributed by atoms with Gasteiger partial charge in [0.1, 0.15) is 11.5 Å². The molecule has 1 unspecified atom stereocenters. The van der Waals surface area contributed by atoms with Crippen molar-refractivity contribution in [2.24, 2.45) is 5.92 Å². The minimum absolute atomic E-state index is 0.0371. The molecule has 0 spiro atoms. The molecule has 1 N–H and O–H groups in total. The summed E-state index contributed by atoms with van der Waals surface area (Å²) in [7, 11) is 1.48. The molecule has 3 aromatic carbocycles. The van der Waals surface area contributed by atoms with Crippen LogP contribution in [0.4, 0.5) is 5.69 Å². The topological polar surface area (TPSA) is 93.1 Å². The first kappa shape index (κ1) is 26.7. The fraction of sp³-hybridized carbons (Fsp3) is 0.258. The molecule has 7 nitrogen and oxygen atoms in total. The van der Waals surface area contributed by atoms with Gasteiger partial charge >= 0.3 is 5.97 Å². The maximum atomic E-state index is 13.5. The SMILES string of the molecule is COc1ccc(C)cc1/C(O)=C1\C(=O)C(=O)N(c2ccc(C(=O)OCC(C)C)cc2)C1c1cccc(C)c1. The Labute approximate surface area is 222 Å². The summed E-state index contributed by atoms with van der Waals surface area (Å²) in [6, 6.07) is 18.1. The Bertz CT molecular complexity index is 1420. The number of benzene rings is 3. The lowest BCUT2D eigenvalue weighted by Gasteiger charge is -2.26. The molecule has 4 rings (SSSR count). The van der Waals surface area contributed by atoms with E-state index < -0.39 is 23.7 Å². The zero-order chi connectivity index (χ0) is 27.6. The van der Waals surface area contributed by atoms with Crippen LogP contribution in [-0.2, 0) is 14.3 Å². The van der Waals surface area contributed by atoms with Crippen molar-refractivity contribution in [2.75, 3.05) is 18.6 Å². The Morgan fingerprint density at radius 1 is 0.974 bits per heavy atom. The minimum Gasteiger partial charge on any atom is -0.507 e. The third-order valence-corrected chi connectivity index (χ3v) is 6.34. The number of nitrogens with zero attached hydrogens (tertiary/aromatic N) is 1. The van der Waals surface area contributed by atoms with Gasteiger partial charge < -0.3 is 14.6 Å². The average molecular weight is 514 g/mol. The molecule has 1 saturated heterocycles. The molecule has 38 heavy (non-hydrogen) atoms. The van der Waals surface area contributed by atoms with Crippen molar-refractivity contribution in [2.45, 2.75) is 33.7 Å². The third-order valence-electron chi connectivity index (χ3n) is 6.34. The number of aryl methyl sites for hydroxylation is 2. The Morgan fingerprint density at radius 2 is 1.66 bits per heavy atom. The van der Waals surface area contributed by atoms with Crippen LogP contribution in [0, 0.1) is 19.8 Å². The molecule has 0 aromatic heterocycles. The molecule has 3 aromatic rings.